The SMILES string of the molecule is COCCn1ccc2c(-c3ccc(OCCC4CCCCC4)c(C)c3)nc(Cl)nc21.Cl. The van der Waals surface area contributed by atoms with Crippen molar-refractivity contribution in [1.82, 2.24) is 14.5 Å². The van der Waals surface area contributed by atoms with Gasteiger partial charge in [-0.1, -0.05) is 32.1 Å². The van der Waals surface area contributed by atoms with Crippen LogP contribution in [0.4, 0.5) is 0 Å². The first kappa shape index (κ1) is 23.8. The molecule has 0 unspecified atom stereocenters. The highest BCUT2D eigenvalue weighted by molar-refractivity contribution is 6.28. The van der Waals surface area contributed by atoms with E-state index in [9.17, 15) is 0 Å². The summed E-state index contributed by atoms with van der Waals surface area (Å²) in [5, 5.41) is 1.24. The Labute approximate surface area is 195 Å². The molecule has 1 aliphatic rings. The maximum atomic E-state index is 6.26. The topological polar surface area (TPSA) is 49.2 Å². The van der Waals surface area contributed by atoms with Crippen molar-refractivity contribution < 1.29 is 9.47 Å². The molecule has 168 valence electrons. The second-order valence-corrected chi connectivity index (χ2v) is 8.54. The minimum atomic E-state index is 0. The lowest BCUT2D eigenvalue weighted by Gasteiger charge is -2.21. The number of methoxy groups -OCH3 is 1. The molecule has 0 bridgehead atoms. The second-order valence-electron chi connectivity index (χ2n) is 8.20. The van der Waals surface area contributed by atoms with E-state index < -0.39 is 0 Å². The number of hydrogen-bond acceptors (Lipinski definition) is 4. The van der Waals surface area contributed by atoms with Gasteiger partial charge in [0.1, 0.15) is 11.4 Å². The molecule has 1 fully saturated rings. The van der Waals surface area contributed by atoms with Crippen molar-refractivity contribution in [1.29, 1.82) is 0 Å². The first-order chi connectivity index (χ1) is 14.7. The first-order valence-corrected chi connectivity index (χ1v) is 11.3. The van der Waals surface area contributed by atoms with Crippen LogP contribution in [0.15, 0.2) is 30.5 Å². The summed E-state index contributed by atoms with van der Waals surface area (Å²) in [5.74, 6) is 1.78. The van der Waals surface area contributed by atoms with Crippen molar-refractivity contribution in [2.24, 2.45) is 5.92 Å². The van der Waals surface area contributed by atoms with Crippen LogP contribution in [-0.2, 0) is 11.3 Å². The van der Waals surface area contributed by atoms with Crippen LogP contribution in [0.5, 0.6) is 5.75 Å². The van der Waals surface area contributed by atoms with E-state index in [0.29, 0.717) is 6.61 Å². The minimum Gasteiger partial charge on any atom is -0.493 e. The summed E-state index contributed by atoms with van der Waals surface area (Å²) in [6.45, 7) is 4.21. The minimum absolute atomic E-state index is 0. The smallest absolute Gasteiger partial charge is 0.224 e. The van der Waals surface area contributed by atoms with Crippen LogP contribution in [0, 0.1) is 12.8 Å². The second kappa shape index (κ2) is 11.2. The molecule has 1 aliphatic carbocycles. The van der Waals surface area contributed by atoms with Gasteiger partial charge in [0.05, 0.1) is 18.9 Å². The highest BCUT2D eigenvalue weighted by Gasteiger charge is 2.15. The molecule has 0 N–H and O–H groups in total. The Bertz CT molecular complexity index is 1000. The molecular formula is C24H31Cl2N3O2. The third kappa shape index (κ3) is 5.71. The van der Waals surface area contributed by atoms with E-state index in [2.05, 4.69) is 35.1 Å². The van der Waals surface area contributed by atoms with E-state index in [1.54, 1.807) is 7.11 Å². The molecule has 0 spiro atoms. The highest BCUT2D eigenvalue weighted by Crippen LogP contribution is 2.32. The molecule has 0 saturated heterocycles. The van der Waals surface area contributed by atoms with Crippen molar-refractivity contribution in [2.45, 2.75) is 52.0 Å². The van der Waals surface area contributed by atoms with Crippen molar-refractivity contribution >= 4 is 35.0 Å². The van der Waals surface area contributed by atoms with E-state index >= 15 is 0 Å². The van der Waals surface area contributed by atoms with Crippen molar-refractivity contribution in [2.75, 3.05) is 20.3 Å². The van der Waals surface area contributed by atoms with Gasteiger partial charge in [0.25, 0.3) is 0 Å². The summed E-state index contributed by atoms with van der Waals surface area (Å²) >= 11 is 6.26. The summed E-state index contributed by atoms with van der Waals surface area (Å²) in [5.41, 5.74) is 3.80. The number of aromatic nitrogens is 3. The molecule has 7 heteroatoms. The van der Waals surface area contributed by atoms with Gasteiger partial charge in [-0.2, -0.15) is 4.98 Å². The predicted molar refractivity (Wildman–Crippen MR) is 129 cm³/mol. The average Bonchev–Trinajstić information content (AvgIpc) is 3.16. The normalized spacial score (nSPS) is 14.5. The Morgan fingerprint density at radius 2 is 1.90 bits per heavy atom. The van der Waals surface area contributed by atoms with Gasteiger partial charge in [0, 0.05) is 30.8 Å². The van der Waals surface area contributed by atoms with Gasteiger partial charge in [-0.3, -0.25) is 0 Å². The summed E-state index contributed by atoms with van der Waals surface area (Å²) < 4.78 is 13.4. The summed E-state index contributed by atoms with van der Waals surface area (Å²) in [4.78, 5) is 8.96. The molecule has 2 heterocycles. The van der Waals surface area contributed by atoms with Crippen LogP contribution in [-0.4, -0.2) is 34.9 Å². The fourth-order valence-corrected chi connectivity index (χ4v) is 4.56. The van der Waals surface area contributed by atoms with Gasteiger partial charge in [0.15, 0.2) is 0 Å². The number of hydrogen-bond donors (Lipinski definition) is 0. The van der Waals surface area contributed by atoms with Crippen molar-refractivity contribution in [3.8, 4) is 17.0 Å². The van der Waals surface area contributed by atoms with Crippen molar-refractivity contribution in [3.05, 3.63) is 41.3 Å². The lowest BCUT2D eigenvalue weighted by Crippen LogP contribution is -2.11. The molecule has 0 atom stereocenters. The number of fused-ring (bicyclic) bond motifs is 1. The summed E-state index contributed by atoms with van der Waals surface area (Å²) in [6, 6.07) is 8.28. The fraction of sp³-hybridized carbons (Fsp3) is 0.500. The van der Waals surface area contributed by atoms with Gasteiger partial charge < -0.3 is 14.0 Å². The average molecular weight is 464 g/mol. The zero-order valence-corrected chi connectivity index (χ0v) is 19.8. The van der Waals surface area contributed by atoms with Crippen LogP contribution in [0.3, 0.4) is 0 Å². The highest BCUT2D eigenvalue weighted by atomic mass is 35.5. The number of rotatable bonds is 8. The van der Waals surface area contributed by atoms with E-state index in [1.165, 1.54) is 32.1 Å². The number of nitrogens with zero attached hydrogens (tertiary/aromatic N) is 3. The molecule has 4 rings (SSSR count). The van der Waals surface area contributed by atoms with Crippen LogP contribution in [0.1, 0.15) is 44.1 Å². The quantitative estimate of drug-likeness (QED) is 0.358. The van der Waals surface area contributed by atoms with E-state index in [4.69, 9.17) is 21.1 Å². The van der Waals surface area contributed by atoms with Crippen LogP contribution in [0.2, 0.25) is 5.28 Å². The third-order valence-corrected chi connectivity index (χ3v) is 6.25. The van der Waals surface area contributed by atoms with E-state index in [1.807, 2.05) is 16.8 Å². The number of aryl methyl sites for hydroxylation is 1. The Hall–Kier alpha value is -1.82. The molecular weight excluding hydrogens is 433 g/mol. The van der Waals surface area contributed by atoms with E-state index in [-0.39, 0.29) is 17.7 Å². The summed E-state index contributed by atoms with van der Waals surface area (Å²) in [7, 11) is 1.70. The summed E-state index contributed by atoms with van der Waals surface area (Å²) in [6.07, 6.45) is 10.0. The standard InChI is InChI=1S/C24H30ClN3O2.ClH/c1-17-16-19(8-9-21(17)30-14-11-18-6-4-3-5-7-18)22-20-10-12-28(13-15-29-2)23(20)27-24(25)26-22;/h8-10,12,16,18H,3-7,11,13-15H2,1-2H3;1H. The lowest BCUT2D eigenvalue weighted by atomic mass is 9.87. The van der Waals surface area contributed by atoms with Crippen LogP contribution in [0.25, 0.3) is 22.3 Å². The van der Waals surface area contributed by atoms with Gasteiger partial charge in [-0.15, -0.1) is 12.4 Å². The molecule has 3 aromatic rings. The van der Waals surface area contributed by atoms with Crippen LogP contribution < -0.4 is 4.74 Å². The fourth-order valence-electron chi connectivity index (χ4n) is 4.40. The first-order valence-electron chi connectivity index (χ1n) is 10.9. The zero-order chi connectivity index (χ0) is 20.9. The lowest BCUT2D eigenvalue weighted by molar-refractivity contribution is 0.188. The number of halogens is 2. The Morgan fingerprint density at radius 1 is 1.10 bits per heavy atom. The number of ether oxygens (including phenoxy) is 2. The Balaban J connectivity index is 0.00000272. The third-order valence-electron chi connectivity index (χ3n) is 6.08. The Kier molecular flexibility index (Phi) is 8.58. The van der Waals surface area contributed by atoms with Gasteiger partial charge in [-0.05, 0) is 60.7 Å². The van der Waals surface area contributed by atoms with Gasteiger partial charge in [0.2, 0.25) is 5.28 Å². The molecule has 31 heavy (non-hydrogen) atoms. The number of benzene rings is 1. The monoisotopic (exact) mass is 463 g/mol. The molecule has 1 saturated carbocycles. The molecule has 0 radical (unpaired) electrons. The molecule has 2 aromatic heterocycles. The largest absolute Gasteiger partial charge is 0.493 e. The van der Waals surface area contributed by atoms with Crippen molar-refractivity contribution in [3.63, 3.8) is 0 Å². The Morgan fingerprint density at radius 3 is 2.65 bits per heavy atom. The molecule has 0 aliphatic heterocycles. The maximum Gasteiger partial charge on any atom is 0.224 e. The van der Waals surface area contributed by atoms with Crippen LogP contribution >= 0.6 is 24.0 Å². The predicted octanol–water partition coefficient (Wildman–Crippen LogP) is 6.48. The molecule has 0 amide bonds. The zero-order valence-electron chi connectivity index (χ0n) is 18.3. The van der Waals surface area contributed by atoms with Gasteiger partial charge >= 0.3 is 0 Å². The van der Waals surface area contributed by atoms with E-state index in [0.717, 1.165) is 59.1 Å². The molecule has 5 nitrogen and oxygen atoms in total. The molecule has 1 aromatic carbocycles. The van der Waals surface area contributed by atoms with Gasteiger partial charge in [-0.25, -0.2) is 4.98 Å². The maximum absolute atomic E-state index is 6.26.